The van der Waals surface area contributed by atoms with Gasteiger partial charge in [-0.25, -0.2) is 5.43 Å². The monoisotopic (exact) mass is 536 g/mol. The molecule has 0 saturated heterocycles. The van der Waals surface area contributed by atoms with Crippen LogP contribution in [0.2, 0.25) is 5.02 Å². The maximum atomic E-state index is 12.2. The maximum absolute atomic E-state index is 12.2. The number of halogens is 1. The van der Waals surface area contributed by atoms with Crippen molar-refractivity contribution in [3.05, 3.63) is 88.4 Å². The van der Waals surface area contributed by atoms with Gasteiger partial charge in [-0.05, 0) is 59.0 Å². The van der Waals surface area contributed by atoms with E-state index in [1.807, 2.05) is 24.3 Å². The van der Waals surface area contributed by atoms with Crippen molar-refractivity contribution in [3.8, 4) is 11.5 Å². The van der Waals surface area contributed by atoms with Crippen LogP contribution in [0.3, 0.4) is 0 Å². The fraction of sp³-hybridized carbons (Fsp3) is 0.214. The van der Waals surface area contributed by atoms with Crippen LogP contribution in [0.15, 0.2) is 71.8 Å². The Morgan fingerprint density at radius 2 is 1.74 bits per heavy atom. The second kappa shape index (κ2) is 13.8. The van der Waals surface area contributed by atoms with Gasteiger partial charge in [0.2, 0.25) is 0 Å². The van der Waals surface area contributed by atoms with Crippen molar-refractivity contribution in [1.82, 2.24) is 10.7 Å². The molecular weight excluding hydrogens is 508 g/mol. The predicted octanol–water partition coefficient (Wildman–Crippen LogP) is 4.26. The number of hydrogen-bond donors (Lipinski definition) is 3. The Labute approximate surface area is 226 Å². The summed E-state index contributed by atoms with van der Waals surface area (Å²) in [5.74, 6) is -0.940. The second-order valence-electron chi connectivity index (χ2n) is 8.54. The van der Waals surface area contributed by atoms with Gasteiger partial charge in [0.15, 0.2) is 18.1 Å². The Morgan fingerprint density at radius 1 is 0.974 bits per heavy atom. The molecule has 0 spiro atoms. The first-order valence-corrected chi connectivity index (χ1v) is 12.2. The number of carbonyl (C=O) groups excluding carboxylic acids is 3. The van der Waals surface area contributed by atoms with Crippen LogP contribution < -0.4 is 25.5 Å². The molecule has 0 aromatic heterocycles. The van der Waals surface area contributed by atoms with E-state index in [9.17, 15) is 14.4 Å². The molecule has 3 aromatic rings. The third kappa shape index (κ3) is 8.63. The summed E-state index contributed by atoms with van der Waals surface area (Å²) in [5, 5.41) is 9.58. The van der Waals surface area contributed by atoms with Crippen LogP contribution in [-0.4, -0.2) is 37.7 Å². The third-order valence-corrected chi connectivity index (χ3v) is 5.58. The summed E-state index contributed by atoms with van der Waals surface area (Å²) in [7, 11) is 1.46. The van der Waals surface area contributed by atoms with Gasteiger partial charge in [-0.1, -0.05) is 55.8 Å². The van der Waals surface area contributed by atoms with Gasteiger partial charge in [0.1, 0.15) is 0 Å². The lowest BCUT2D eigenvalue weighted by Crippen LogP contribution is -2.37. The Hall–Kier alpha value is -4.37. The summed E-state index contributed by atoms with van der Waals surface area (Å²) in [5.41, 5.74) is 5.41. The SMILES string of the molecule is COc1cc(/C=N\NC(=O)C(=O)NCc2ccc(C(C)C)cc2)ccc1OCC(=O)Nc1cccc(Cl)c1. The van der Waals surface area contributed by atoms with E-state index in [1.165, 1.54) is 18.9 Å². The van der Waals surface area contributed by atoms with E-state index in [4.69, 9.17) is 21.1 Å². The zero-order chi connectivity index (χ0) is 27.5. The molecule has 0 atom stereocenters. The number of methoxy groups -OCH3 is 1. The van der Waals surface area contributed by atoms with E-state index in [-0.39, 0.29) is 19.1 Å². The van der Waals surface area contributed by atoms with E-state index < -0.39 is 11.8 Å². The molecule has 3 aromatic carbocycles. The maximum Gasteiger partial charge on any atom is 0.329 e. The van der Waals surface area contributed by atoms with Crippen LogP contribution in [0.25, 0.3) is 0 Å². The Bertz CT molecular complexity index is 1310. The number of carbonyl (C=O) groups is 3. The lowest BCUT2D eigenvalue weighted by atomic mass is 10.0. The van der Waals surface area contributed by atoms with Gasteiger partial charge in [0.25, 0.3) is 5.91 Å². The summed E-state index contributed by atoms with van der Waals surface area (Å²) in [4.78, 5) is 36.3. The highest BCUT2D eigenvalue weighted by Gasteiger charge is 2.13. The van der Waals surface area contributed by atoms with Crippen molar-refractivity contribution in [2.45, 2.75) is 26.3 Å². The number of nitrogens with one attached hydrogen (secondary N) is 3. The van der Waals surface area contributed by atoms with Crippen molar-refractivity contribution in [3.63, 3.8) is 0 Å². The fourth-order valence-electron chi connectivity index (χ4n) is 3.29. The number of amides is 3. The third-order valence-electron chi connectivity index (χ3n) is 5.34. The van der Waals surface area contributed by atoms with Crippen LogP contribution in [-0.2, 0) is 20.9 Å². The summed E-state index contributed by atoms with van der Waals surface area (Å²) in [6.07, 6.45) is 1.36. The summed E-state index contributed by atoms with van der Waals surface area (Å²) in [6, 6.07) is 19.5. The minimum atomic E-state index is -0.891. The molecule has 3 N–H and O–H groups in total. The molecule has 38 heavy (non-hydrogen) atoms. The topological polar surface area (TPSA) is 118 Å². The largest absolute Gasteiger partial charge is 0.493 e. The molecule has 0 aliphatic carbocycles. The first-order chi connectivity index (χ1) is 18.2. The first-order valence-electron chi connectivity index (χ1n) is 11.8. The van der Waals surface area contributed by atoms with Gasteiger partial charge in [0, 0.05) is 17.3 Å². The molecule has 10 heteroatoms. The smallest absolute Gasteiger partial charge is 0.329 e. The molecule has 3 rings (SSSR count). The first kappa shape index (κ1) is 28.2. The van der Waals surface area contributed by atoms with Crippen molar-refractivity contribution in [1.29, 1.82) is 0 Å². The number of ether oxygens (including phenoxy) is 2. The predicted molar refractivity (Wildman–Crippen MR) is 147 cm³/mol. The molecule has 0 fully saturated rings. The normalized spacial score (nSPS) is 10.8. The number of anilines is 1. The Morgan fingerprint density at radius 3 is 2.42 bits per heavy atom. The average Bonchev–Trinajstić information content (AvgIpc) is 2.91. The van der Waals surface area contributed by atoms with Gasteiger partial charge in [-0.3, -0.25) is 14.4 Å². The number of nitrogens with zero attached hydrogens (tertiary/aromatic N) is 1. The molecule has 0 radical (unpaired) electrons. The van der Waals surface area contributed by atoms with Gasteiger partial charge in [-0.15, -0.1) is 0 Å². The van der Waals surface area contributed by atoms with E-state index in [0.717, 1.165) is 5.56 Å². The molecule has 198 valence electrons. The number of hydrogen-bond acceptors (Lipinski definition) is 6. The van der Waals surface area contributed by atoms with E-state index in [1.54, 1.807) is 42.5 Å². The molecule has 0 heterocycles. The van der Waals surface area contributed by atoms with Gasteiger partial charge in [-0.2, -0.15) is 5.10 Å². The van der Waals surface area contributed by atoms with Crippen LogP contribution in [0, 0.1) is 0 Å². The quantitative estimate of drug-likeness (QED) is 0.203. The van der Waals surface area contributed by atoms with Crippen LogP contribution in [0.1, 0.15) is 36.5 Å². The lowest BCUT2D eigenvalue weighted by molar-refractivity contribution is -0.139. The van der Waals surface area contributed by atoms with E-state index >= 15 is 0 Å². The molecular formula is C28H29ClN4O5. The van der Waals surface area contributed by atoms with Crippen LogP contribution in [0.5, 0.6) is 11.5 Å². The van der Waals surface area contributed by atoms with Crippen molar-refractivity contribution in [2.75, 3.05) is 19.0 Å². The Balaban J connectivity index is 1.47. The molecule has 0 aliphatic rings. The van der Waals surface area contributed by atoms with E-state index in [0.29, 0.717) is 33.7 Å². The Kier molecular flexibility index (Phi) is 10.2. The van der Waals surface area contributed by atoms with Crippen molar-refractivity contribution in [2.24, 2.45) is 5.10 Å². The standard InChI is InChI=1S/C28H29ClN4O5/c1-18(2)21-10-7-19(8-11-21)15-30-27(35)28(36)33-31-16-20-9-12-24(25(13-20)37-3)38-17-26(34)32-23-6-4-5-22(29)14-23/h4-14,16,18H,15,17H2,1-3H3,(H,30,35)(H,32,34)(H,33,36)/b31-16-. The van der Waals surface area contributed by atoms with E-state index in [2.05, 4.69) is 35.0 Å². The van der Waals surface area contributed by atoms with Gasteiger partial charge >= 0.3 is 11.8 Å². The zero-order valence-electron chi connectivity index (χ0n) is 21.3. The van der Waals surface area contributed by atoms with Crippen molar-refractivity contribution >= 4 is 41.2 Å². The molecule has 0 bridgehead atoms. The molecule has 9 nitrogen and oxygen atoms in total. The minimum Gasteiger partial charge on any atom is -0.493 e. The number of rotatable bonds is 10. The highest BCUT2D eigenvalue weighted by Crippen LogP contribution is 2.27. The zero-order valence-corrected chi connectivity index (χ0v) is 22.0. The summed E-state index contributed by atoms with van der Waals surface area (Å²) in [6.45, 7) is 4.18. The number of hydrazone groups is 1. The second-order valence-corrected chi connectivity index (χ2v) is 8.97. The van der Waals surface area contributed by atoms with Gasteiger partial charge < -0.3 is 20.1 Å². The highest BCUT2D eigenvalue weighted by molar-refractivity contribution is 6.35. The summed E-state index contributed by atoms with van der Waals surface area (Å²) < 4.78 is 10.9. The molecule has 0 unspecified atom stereocenters. The molecule has 0 saturated carbocycles. The summed E-state index contributed by atoms with van der Waals surface area (Å²) >= 11 is 5.92. The molecule has 3 amide bonds. The van der Waals surface area contributed by atoms with Gasteiger partial charge in [0.05, 0.1) is 13.3 Å². The minimum absolute atomic E-state index is 0.226. The molecule has 0 aliphatic heterocycles. The fourth-order valence-corrected chi connectivity index (χ4v) is 3.48. The van der Waals surface area contributed by atoms with Crippen LogP contribution in [0.4, 0.5) is 5.69 Å². The number of benzene rings is 3. The lowest BCUT2D eigenvalue weighted by Gasteiger charge is -2.11. The average molecular weight is 537 g/mol. The van der Waals surface area contributed by atoms with Crippen molar-refractivity contribution < 1.29 is 23.9 Å². The van der Waals surface area contributed by atoms with Crippen LogP contribution >= 0.6 is 11.6 Å². The highest BCUT2D eigenvalue weighted by atomic mass is 35.5.